The Hall–Kier alpha value is -2.61. The summed E-state index contributed by atoms with van der Waals surface area (Å²) in [4.78, 5) is 27.3. The van der Waals surface area contributed by atoms with E-state index < -0.39 is 5.97 Å². The average molecular weight is 376 g/mol. The predicted octanol–water partition coefficient (Wildman–Crippen LogP) is 2.61. The maximum atomic E-state index is 12.5. The van der Waals surface area contributed by atoms with Gasteiger partial charge in [0.25, 0.3) is 5.91 Å². The quantitative estimate of drug-likeness (QED) is 0.698. The van der Waals surface area contributed by atoms with Crippen LogP contribution < -0.4 is 14.8 Å². The number of methoxy groups -OCH3 is 1. The van der Waals surface area contributed by atoms with Crippen LogP contribution in [-0.4, -0.2) is 42.2 Å². The van der Waals surface area contributed by atoms with Gasteiger partial charge in [-0.1, -0.05) is 0 Å². The molecule has 0 spiro atoms. The number of amides is 1. The average Bonchev–Trinajstić information content (AvgIpc) is 3.35. The number of carbonyl (C=O) groups excluding carboxylic acids is 1. The zero-order valence-corrected chi connectivity index (χ0v) is 15.2. The van der Waals surface area contributed by atoms with E-state index in [0.717, 1.165) is 12.8 Å². The summed E-state index contributed by atoms with van der Waals surface area (Å²) in [5.41, 5.74) is 0.485. The van der Waals surface area contributed by atoms with Gasteiger partial charge < -0.3 is 19.9 Å². The van der Waals surface area contributed by atoms with Gasteiger partial charge >= 0.3 is 5.97 Å². The van der Waals surface area contributed by atoms with Gasteiger partial charge in [-0.25, -0.2) is 9.78 Å². The van der Waals surface area contributed by atoms with Crippen LogP contribution in [0.3, 0.4) is 0 Å². The van der Waals surface area contributed by atoms with Gasteiger partial charge in [-0.05, 0) is 30.9 Å². The standard InChI is InChI=1S/C18H20N2O5S/c1-24-12-4-5-13(15(8-12)25-9-11-2-3-11)17(21)19-7-6-16-20-14(10-26-16)18(22)23/h4-5,8,10-11H,2-3,6-7,9H2,1H3,(H,19,21)(H,22,23). The minimum absolute atomic E-state index is 0.0299. The second-order valence-electron chi connectivity index (χ2n) is 6.05. The van der Waals surface area contributed by atoms with E-state index in [-0.39, 0.29) is 11.6 Å². The molecule has 0 bridgehead atoms. The first-order chi connectivity index (χ1) is 12.6. The molecule has 3 rings (SSSR count). The van der Waals surface area contributed by atoms with Crippen molar-refractivity contribution in [3.05, 3.63) is 39.8 Å². The van der Waals surface area contributed by atoms with Gasteiger partial charge in [0, 0.05) is 24.4 Å². The Labute approximate surface area is 155 Å². The van der Waals surface area contributed by atoms with Gasteiger partial charge in [0.1, 0.15) is 11.5 Å². The highest BCUT2D eigenvalue weighted by Gasteiger charge is 2.23. The first-order valence-corrected chi connectivity index (χ1v) is 9.21. The molecule has 0 radical (unpaired) electrons. The van der Waals surface area contributed by atoms with E-state index >= 15 is 0 Å². The van der Waals surface area contributed by atoms with E-state index in [2.05, 4.69) is 10.3 Å². The first kappa shape index (κ1) is 18.2. The largest absolute Gasteiger partial charge is 0.497 e. The van der Waals surface area contributed by atoms with Gasteiger partial charge in [0.2, 0.25) is 0 Å². The van der Waals surface area contributed by atoms with E-state index in [1.807, 2.05) is 0 Å². The smallest absolute Gasteiger partial charge is 0.355 e. The SMILES string of the molecule is COc1ccc(C(=O)NCCc2nc(C(=O)O)cs2)c(OCC2CC2)c1. The summed E-state index contributed by atoms with van der Waals surface area (Å²) in [6, 6.07) is 5.12. The van der Waals surface area contributed by atoms with Crippen molar-refractivity contribution in [1.82, 2.24) is 10.3 Å². The number of carboxylic acids is 1. The Kier molecular flexibility index (Phi) is 5.72. The molecule has 1 saturated carbocycles. The molecule has 1 fully saturated rings. The molecule has 0 unspecified atom stereocenters. The van der Waals surface area contributed by atoms with Crippen LogP contribution in [0.1, 0.15) is 38.7 Å². The van der Waals surface area contributed by atoms with Crippen molar-refractivity contribution in [2.75, 3.05) is 20.3 Å². The fourth-order valence-corrected chi connectivity index (χ4v) is 3.10. The Balaban J connectivity index is 1.59. The van der Waals surface area contributed by atoms with Gasteiger partial charge in [0.05, 0.1) is 24.3 Å². The summed E-state index contributed by atoms with van der Waals surface area (Å²) in [6.45, 7) is 0.962. The number of benzene rings is 1. The Morgan fingerprint density at radius 3 is 2.85 bits per heavy atom. The lowest BCUT2D eigenvalue weighted by Gasteiger charge is -2.13. The van der Waals surface area contributed by atoms with Crippen LogP contribution in [0.15, 0.2) is 23.6 Å². The number of nitrogens with zero attached hydrogens (tertiary/aromatic N) is 1. The maximum Gasteiger partial charge on any atom is 0.355 e. The van der Waals surface area contributed by atoms with Gasteiger partial charge in [-0.3, -0.25) is 4.79 Å². The van der Waals surface area contributed by atoms with Crippen molar-refractivity contribution >= 4 is 23.2 Å². The van der Waals surface area contributed by atoms with Crippen LogP contribution in [0.5, 0.6) is 11.5 Å². The van der Waals surface area contributed by atoms with Crippen LogP contribution in [0, 0.1) is 5.92 Å². The van der Waals surface area contributed by atoms with Crippen molar-refractivity contribution in [3.63, 3.8) is 0 Å². The number of rotatable bonds is 9. The molecule has 1 aliphatic carbocycles. The number of thiazole rings is 1. The highest BCUT2D eigenvalue weighted by Crippen LogP contribution is 2.31. The summed E-state index contributed by atoms with van der Waals surface area (Å²) in [7, 11) is 1.57. The zero-order valence-electron chi connectivity index (χ0n) is 14.4. The summed E-state index contributed by atoms with van der Waals surface area (Å²) in [5, 5.41) is 13.9. The number of hydrogen-bond donors (Lipinski definition) is 2. The Morgan fingerprint density at radius 2 is 2.19 bits per heavy atom. The summed E-state index contributed by atoms with van der Waals surface area (Å²) < 4.78 is 11.0. The molecule has 8 heteroatoms. The lowest BCUT2D eigenvalue weighted by molar-refractivity contribution is 0.0690. The number of carboxylic acid groups (broad SMARTS) is 1. The molecule has 0 atom stereocenters. The molecular formula is C18H20N2O5S. The van der Waals surface area contributed by atoms with Crippen molar-refractivity contribution in [2.24, 2.45) is 5.92 Å². The number of ether oxygens (including phenoxy) is 2. The zero-order chi connectivity index (χ0) is 18.5. The summed E-state index contributed by atoms with van der Waals surface area (Å²) in [6.07, 6.45) is 2.80. The van der Waals surface area contributed by atoms with Crippen LogP contribution >= 0.6 is 11.3 Å². The third kappa shape index (κ3) is 4.72. The predicted molar refractivity (Wildman–Crippen MR) is 96.3 cm³/mol. The molecule has 1 amide bonds. The van der Waals surface area contributed by atoms with Crippen LogP contribution in [0.25, 0.3) is 0 Å². The Morgan fingerprint density at radius 1 is 1.38 bits per heavy atom. The van der Waals surface area contributed by atoms with Crippen LogP contribution in [0.2, 0.25) is 0 Å². The number of hydrogen-bond acceptors (Lipinski definition) is 6. The van der Waals surface area contributed by atoms with Crippen molar-refractivity contribution in [1.29, 1.82) is 0 Å². The molecule has 0 saturated heterocycles. The molecular weight excluding hydrogens is 356 g/mol. The third-order valence-corrected chi connectivity index (χ3v) is 4.91. The fourth-order valence-electron chi connectivity index (χ4n) is 2.33. The second-order valence-corrected chi connectivity index (χ2v) is 7.00. The van der Waals surface area contributed by atoms with Gasteiger partial charge in [-0.15, -0.1) is 11.3 Å². The van der Waals surface area contributed by atoms with E-state index in [1.54, 1.807) is 25.3 Å². The van der Waals surface area contributed by atoms with Crippen LogP contribution in [-0.2, 0) is 6.42 Å². The molecule has 1 heterocycles. The van der Waals surface area contributed by atoms with Crippen molar-refractivity contribution in [3.8, 4) is 11.5 Å². The maximum absolute atomic E-state index is 12.5. The summed E-state index contributed by atoms with van der Waals surface area (Å²) in [5.74, 6) is 0.429. The lowest BCUT2D eigenvalue weighted by atomic mass is 10.1. The minimum atomic E-state index is -1.05. The second kappa shape index (κ2) is 8.18. The van der Waals surface area contributed by atoms with Gasteiger partial charge in [0.15, 0.2) is 5.69 Å². The molecule has 1 aromatic heterocycles. The highest BCUT2D eigenvalue weighted by molar-refractivity contribution is 7.09. The Bertz CT molecular complexity index is 801. The molecule has 26 heavy (non-hydrogen) atoms. The number of nitrogens with one attached hydrogen (secondary N) is 1. The molecule has 2 N–H and O–H groups in total. The van der Waals surface area contributed by atoms with E-state index in [4.69, 9.17) is 14.6 Å². The van der Waals surface area contributed by atoms with Crippen LogP contribution in [0.4, 0.5) is 0 Å². The number of aromatic carboxylic acids is 1. The molecule has 0 aliphatic heterocycles. The van der Waals surface area contributed by atoms with E-state index in [0.29, 0.717) is 47.6 Å². The van der Waals surface area contributed by atoms with Crippen molar-refractivity contribution in [2.45, 2.75) is 19.3 Å². The van der Waals surface area contributed by atoms with Gasteiger partial charge in [-0.2, -0.15) is 0 Å². The molecule has 1 aromatic carbocycles. The lowest BCUT2D eigenvalue weighted by Crippen LogP contribution is -2.26. The highest BCUT2D eigenvalue weighted by atomic mass is 32.1. The molecule has 7 nitrogen and oxygen atoms in total. The van der Waals surface area contributed by atoms with E-state index in [9.17, 15) is 9.59 Å². The van der Waals surface area contributed by atoms with Crippen molar-refractivity contribution < 1.29 is 24.2 Å². The topological polar surface area (TPSA) is 97.8 Å². The number of aromatic nitrogens is 1. The fraction of sp³-hybridized carbons (Fsp3) is 0.389. The molecule has 1 aliphatic rings. The molecule has 2 aromatic rings. The third-order valence-electron chi connectivity index (χ3n) is 4.00. The first-order valence-electron chi connectivity index (χ1n) is 8.33. The monoisotopic (exact) mass is 376 g/mol. The van der Waals surface area contributed by atoms with E-state index in [1.165, 1.54) is 16.7 Å². The molecule has 138 valence electrons. The minimum Gasteiger partial charge on any atom is -0.497 e. The normalized spacial score (nSPS) is 13.3. The number of carbonyl (C=O) groups is 2. The summed E-state index contributed by atoms with van der Waals surface area (Å²) >= 11 is 1.27.